The lowest BCUT2D eigenvalue weighted by Gasteiger charge is -2.34. The monoisotopic (exact) mass is 497 g/mol. The van der Waals surface area contributed by atoms with Gasteiger partial charge in [-0.1, -0.05) is 18.2 Å². The molecule has 0 bridgehead atoms. The van der Waals surface area contributed by atoms with E-state index in [0.29, 0.717) is 18.9 Å². The van der Waals surface area contributed by atoms with Crippen LogP contribution in [0.2, 0.25) is 0 Å². The van der Waals surface area contributed by atoms with Gasteiger partial charge in [-0.2, -0.15) is 5.10 Å². The molecule has 0 radical (unpaired) electrons. The molecule has 152 valence electrons. The Kier molecular flexibility index (Phi) is 8.68. The van der Waals surface area contributed by atoms with E-state index < -0.39 is 0 Å². The zero-order chi connectivity index (χ0) is 19.1. The number of H-pyrrole nitrogens is 1. The number of nitrogens with zero attached hydrogens (tertiary/aromatic N) is 4. The number of benzene rings is 1. The number of piperidine rings is 1. The molecular formula is C19H28IN7O. The number of hydrogen-bond donors (Lipinski definition) is 3. The average molecular weight is 497 g/mol. The Balaban J connectivity index is 0.00000280. The number of halogens is 1. The minimum absolute atomic E-state index is 0. The van der Waals surface area contributed by atoms with Gasteiger partial charge in [-0.15, -0.1) is 24.0 Å². The molecule has 1 aliphatic heterocycles. The van der Waals surface area contributed by atoms with Crippen molar-refractivity contribution in [2.24, 2.45) is 16.6 Å². The van der Waals surface area contributed by atoms with Crippen molar-refractivity contribution in [3.63, 3.8) is 0 Å². The zero-order valence-electron chi connectivity index (χ0n) is 16.1. The van der Waals surface area contributed by atoms with Gasteiger partial charge in [0.15, 0.2) is 11.8 Å². The summed E-state index contributed by atoms with van der Waals surface area (Å²) in [6.07, 6.45) is 4.03. The summed E-state index contributed by atoms with van der Waals surface area (Å²) in [6, 6.07) is 8.12. The molecule has 0 saturated carbocycles. The van der Waals surface area contributed by atoms with Gasteiger partial charge in [0.05, 0.1) is 6.54 Å². The lowest BCUT2D eigenvalue weighted by molar-refractivity contribution is -0.119. The molecule has 2 aromatic rings. The SMILES string of the molecule is CCNC(=NCc1cccc(-c2ncn[nH]2)c1)N1CCCC(CC(N)=O)C1.I. The topological polar surface area (TPSA) is 112 Å². The first-order valence-corrected chi connectivity index (χ1v) is 9.42. The minimum Gasteiger partial charge on any atom is -0.370 e. The van der Waals surface area contributed by atoms with Gasteiger partial charge < -0.3 is 16.0 Å². The van der Waals surface area contributed by atoms with Gasteiger partial charge in [-0.3, -0.25) is 9.89 Å². The number of nitrogens with one attached hydrogen (secondary N) is 2. The molecule has 1 amide bonds. The number of rotatable bonds is 6. The van der Waals surface area contributed by atoms with Crippen LogP contribution in [-0.4, -0.2) is 51.6 Å². The van der Waals surface area contributed by atoms with Crippen molar-refractivity contribution in [3.05, 3.63) is 36.2 Å². The number of nitrogens with two attached hydrogens (primary N) is 1. The number of primary amides is 1. The molecule has 0 aliphatic carbocycles. The molecule has 1 aromatic carbocycles. The molecule has 1 fully saturated rings. The van der Waals surface area contributed by atoms with Crippen LogP contribution in [0.4, 0.5) is 0 Å². The van der Waals surface area contributed by atoms with Gasteiger partial charge in [-0.25, -0.2) is 9.98 Å². The second kappa shape index (κ2) is 11.0. The van der Waals surface area contributed by atoms with Gasteiger partial charge in [0.25, 0.3) is 0 Å². The van der Waals surface area contributed by atoms with Gasteiger partial charge in [0.1, 0.15) is 6.33 Å². The third-order valence-electron chi connectivity index (χ3n) is 4.67. The highest BCUT2D eigenvalue weighted by Gasteiger charge is 2.23. The zero-order valence-corrected chi connectivity index (χ0v) is 18.4. The smallest absolute Gasteiger partial charge is 0.217 e. The largest absolute Gasteiger partial charge is 0.370 e. The highest BCUT2D eigenvalue weighted by atomic mass is 127. The highest BCUT2D eigenvalue weighted by molar-refractivity contribution is 14.0. The number of aromatic nitrogens is 3. The second-order valence-corrected chi connectivity index (χ2v) is 6.83. The van der Waals surface area contributed by atoms with Crippen LogP contribution in [0.15, 0.2) is 35.6 Å². The maximum atomic E-state index is 11.3. The molecule has 1 aliphatic rings. The maximum Gasteiger partial charge on any atom is 0.217 e. The standard InChI is InChI=1S/C19H27N7O.HI/c1-2-21-19(26-8-4-6-15(12-26)10-17(20)27)22-11-14-5-3-7-16(9-14)18-23-13-24-25-18;/h3,5,7,9,13,15H,2,4,6,8,10-12H2,1H3,(H2,20,27)(H,21,22)(H,23,24,25);1H. The third kappa shape index (κ3) is 6.18. The number of hydrogen-bond acceptors (Lipinski definition) is 4. The summed E-state index contributed by atoms with van der Waals surface area (Å²) in [5, 5.41) is 10.2. The molecule has 8 nitrogen and oxygen atoms in total. The van der Waals surface area contributed by atoms with Gasteiger partial charge in [0, 0.05) is 31.6 Å². The van der Waals surface area contributed by atoms with E-state index in [0.717, 1.165) is 55.4 Å². The van der Waals surface area contributed by atoms with E-state index in [9.17, 15) is 4.79 Å². The summed E-state index contributed by atoms with van der Waals surface area (Å²) in [5.74, 6) is 1.71. The van der Waals surface area contributed by atoms with Gasteiger partial charge in [-0.05, 0) is 37.3 Å². The molecule has 1 unspecified atom stereocenters. The van der Waals surface area contributed by atoms with E-state index >= 15 is 0 Å². The summed E-state index contributed by atoms with van der Waals surface area (Å²) in [4.78, 5) is 22.5. The molecule has 0 spiro atoms. The van der Waals surface area contributed by atoms with Crippen molar-refractivity contribution in [2.45, 2.75) is 32.7 Å². The molecule has 1 atom stereocenters. The fourth-order valence-corrected chi connectivity index (χ4v) is 3.46. The summed E-state index contributed by atoms with van der Waals surface area (Å²) in [7, 11) is 0. The van der Waals surface area contributed by atoms with E-state index in [-0.39, 0.29) is 29.9 Å². The second-order valence-electron chi connectivity index (χ2n) is 6.83. The maximum absolute atomic E-state index is 11.3. The van der Waals surface area contributed by atoms with Crippen LogP contribution in [0.5, 0.6) is 0 Å². The number of likely N-dealkylation sites (tertiary alicyclic amines) is 1. The normalized spacial score (nSPS) is 17.1. The van der Waals surface area contributed by atoms with Crippen molar-refractivity contribution in [1.29, 1.82) is 0 Å². The molecule has 9 heteroatoms. The highest BCUT2D eigenvalue weighted by Crippen LogP contribution is 2.20. The van der Waals surface area contributed by atoms with Crippen LogP contribution in [0.3, 0.4) is 0 Å². The molecule has 28 heavy (non-hydrogen) atoms. The number of carbonyl (C=O) groups is 1. The van der Waals surface area contributed by atoms with Crippen LogP contribution >= 0.6 is 24.0 Å². The fraction of sp³-hybridized carbons (Fsp3) is 0.474. The summed E-state index contributed by atoms with van der Waals surface area (Å²) in [6.45, 7) is 5.19. The first-order chi connectivity index (χ1) is 13.2. The molecule has 4 N–H and O–H groups in total. The average Bonchev–Trinajstić information content (AvgIpc) is 3.20. The lowest BCUT2D eigenvalue weighted by Crippen LogP contribution is -2.47. The predicted molar refractivity (Wildman–Crippen MR) is 120 cm³/mol. The van der Waals surface area contributed by atoms with Crippen molar-refractivity contribution in [3.8, 4) is 11.4 Å². The number of aromatic amines is 1. The molecule has 2 heterocycles. The Labute approximate surface area is 182 Å². The van der Waals surface area contributed by atoms with Crippen molar-refractivity contribution < 1.29 is 4.79 Å². The van der Waals surface area contributed by atoms with Crippen molar-refractivity contribution in [2.75, 3.05) is 19.6 Å². The van der Waals surface area contributed by atoms with Crippen LogP contribution in [-0.2, 0) is 11.3 Å². The summed E-state index contributed by atoms with van der Waals surface area (Å²) in [5.41, 5.74) is 7.47. The number of aliphatic imine (C=N–C) groups is 1. The number of carbonyl (C=O) groups excluding carboxylic acids is 1. The fourth-order valence-electron chi connectivity index (χ4n) is 3.46. The lowest BCUT2D eigenvalue weighted by atomic mass is 9.95. The van der Waals surface area contributed by atoms with E-state index in [2.05, 4.69) is 44.5 Å². The first-order valence-electron chi connectivity index (χ1n) is 9.42. The van der Waals surface area contributed by atoms with Crippen molar-refractivity contribution >= 4 is 35.8 Å². The summed E-state index contributed by atoms with van der Waals surface area (Å²) < 4.78 is 0. The van der Waals surface area contributed by atoms with Crippen LogP contribution in [0.1, 0.15) is 31.7 Å². The first kappa shape index (κ1) is 22.1. The number of amides is 1. The van der Waals surface area contributed by atoms with Gasteiger partial charge >= 0.3 is 0 Å². The summed E-state index contributed by atoms with van der Waals surface area (Å²) >= 11 is 0. The predicted octanol–water partition coefficient (Wildman–Crippen LogP) is 2.14. The van der Waals surface area contributed by atoms with Crippen LogP contribution in [0, 0.1) is 5.92 Å². The van der Waals surface area contributed by atoms with E-state index in [1.807, 2.05) is 12.1 Å². The quantitative estimate of drug-likeness (QED) is 0.322. The van der Waals surface area contributed by atoms with Gasteiger partial charge in [0.2, 0.25) is 5.91 Å². The molecule has 1 saturated heterocycles. The Morgan fingerprint density at radius 3 is 3.04 bits per heavy atom. The van der Waals surface area contributed by atoms with Crippen molar-refractivity contribution in [1.82, 2.24) is 25.4 Å². The minimum atomic E-state index is -0.229. The van der Waals surface area contributed by atoms with Crippen LogP contribution in [0.25, 0.3) is 11.4 Å². The Morgan fingerprint density at radius 2 is 2.32 bits per heavy atom. The Morgan fingerprint density at radius 1 is 1.46 bits per heavy atom. The van der Waals surface area contributed by atoms with E-state index in [1.54, 1.807) is 0 Å². The Hall–Kier alpha value is -2.17. The Bertz CT molecular complexity index is 778. The van der Waals surface area contributed by atoms with E-state index in [1.165, 1.54) is 6.33 Å². The van der Waals surface area contributed by atoms with E-state index in [4.69, 9.17) is 10.7 Å². The third-order valence-corrected chi connectivity index (χ3v) is 4.67. The molecule has 3 rings (SSSR count). The molecular weight excluding hydrogens is 469 g/mol. The van der Waals surface area contributed by atoms with Crippen LogP contribution < -0.4 is 11.1 Å². The number of guanidine groups is 1. The molecule has 1 aromatic heterocycles.